The number of ether oxygens (including phenoxy) is 1. The molecule has 4 heterocycles. The molecule has 0 bridgehead atoms. The minimum Gasteiger partial charge on any atom is -0.467 e. The predicted octanol–water partition coefficient (Wildman–Crippen LogP) is 3.77. The Morgan fingerprint density at radius 3 is 2.85 bits per heavy atom. The van der Waals surface area contributed by atoms with Crippen molar-refractivity contribution in [3.8, 4) is 17.4 Å². The second-order valence-corrected chi connectivity index (χ2v) is 9.61. The summed E-state index contributed by atoms with van der Waals surface area (Å²) >= 11 is 6.46. The number of carbonyl (C=O) groups is 1. The van der Waals surface area contributed by atoms with Crippen molar-refractivity contribution in [1.82, 2.24) is 24.8 Å². The van der Waals surface area contributed by atoms with Crippen molar-refractivity contribution in [2.45, 2.75) is 0 Å². The molecule has 0 radical (unpaired) electrons. The highest BCUT2D eigenvalue weighted by molar-refractivity contribution is 6.36. The number of amides is 1. The van der Waals surface area contributed by atoms with E-state index < -0.39 is 5.82 Å². The van der Waals surface area contributed by atoms with Crippen LogP contribution >= 0.6 is 11.6 Å². The van der Waals surface area contributed by atoms with Gasteiger partial charge < -0.3 is 20.3 Å². The molecule has 1 aromatic carbocycles. The molecule has 1 amide bonds. The van der Waals surface area contributed by atoms with E-state index in [9.17, 15) is 4.79 Å². The first-order chi connectivity index (χ1) is 18.8. The SMILES string of the molecule is CN=C/C=C/C(=O)N1CC(CN(C)c2nc(OC)nc3c(F)c(-c4nc(N)cc5cccc(Cl)c45)ncc23)C1. The van der Waals surface area contributed by atoms with Crippen molar-refractivity contribution >= 4 is 57.0 Å². The molecule has 1 aliphatic rings. The van der Waals surface area contributed by atoms with Crippen molar-refractivity contribution in [2.75, 3.05) is 51.5 Å². The van der Waals surface area contributed by atoms with Crippen LogP contribution in [-0.2, 0) is 4.79 Å². The summed E-state index contributed by atoms with van der Waals surface area (Å²) in [4.78, 5) is 37.3. The predicted molar refractivity (Wildman–Crippen MR) is 151 cm³/mol. The number of carbonyl (C=O) groups excluding carboxylic acids is 1. The number of methoxy groups -OCH3 is 1. The van der Waals surface area contributed by atoms with Crippen LogP contribution < -0.4 is 15.4 Å². The number of halogens is 2. The van der Waals surface area contributed by atoms with Crippen LogP contribution in [0.2, 0.25) is 5.02 Å². The molecule has 5 rings (SSSR count). The largest absolute Gasteiger partial charge is 0.467 e. The quantitative estimate of drug-likeness (QED) is 0.273. The Bertz CT molecular complexity index is 1640. The maximum absolute atomic E-state index is 16.1. The van der Waals surface area contributed by atoms with Crippen LogP contribution in [0.15, 0.2) is 47.6 Å². The fourth-order valence-electron chi connectivity index (χ4n) is 4.68. The minimum atomic E-state index is -0.690. The van der Waals surface area contributed by atoms with Gasteiger partial charge in [-0.1, -0.05) is 23.7 Å². The van der Waals surface area contributed by atoms with Crippen LogP contribution in [0.1, 0.15) is 0 Å². The van der Waals surface area contributed by atoms with E-state index in [1.165, 1.54) is 19.4 Å². The van der Waals surface area contributed by atoms with Crippen LogP contribution in [0.5, 0.6) is 6.01 Å². The summed E-state index contributed by atoms with van der Waals surface area (Å²) in [7, 11) is 4.91. The molecule has 0 aliphatic carbocycles. The van der Waals surface area contributed by atoms with Gasteiger partial charge in [-0.05, 0) is 23.6 Å². The summed E-state index contributed by atoms with van der Waals surface area (Å²) < 4.78 is 21.4. The summed E-state index contributed by atoms with van der Waals surface area (Å²) in [5.41, 5.74) is 6.24. The van der Waals surface area contributed by atoms with Gasteiger partial charge in [0.2, 0.25) is 5.91 Å². The minimum absolute atomic E-state index is 0.0111. The van der Waals surface area contributed by atoms with Gasteiger partial charge in [-0.3, -0.25) is 14.8 Å². The number of benzene rings is 1. The number of fused-ring (bicyclic) bond motifs is 2. The van der Waals surface area contributed by atoms with E-state index in [-0.39, 0.29) is 40.6 Å². The number of hydrogen-bond donors (Lipinski definition) is 1. The number of rotatable bonds is 7. The Labute approximate surface area is 229 Å². The van der Waals surface area contributed by atoms with Crippen LogP contribution in [-0.4, -0.2) is 77.8 Å². The molecular formula is C27H26ClFN8O2. The molecule has 0 atom stereocenters. The topological polar surface area (TPSA) is 123 Å². The van der Waals surface area contributed by atoms with Crippen molar-refractivity contribution in [3.05, 3.63) is 53.5 Å². The highest BCUT2D eigenvalue weighted by Gasteiger charge is 2.31. The number of nitrogen functional groups attached to an aromatic ring is 1. The zero-order valence-electron chi connectivity index (χ0n) is 21.6. The Morgan fingerprint density at radius 1 is 1.31 bits per heavy atom. The van der Waals surface area contributed by atoms with Gasteiger partial charge in [-0.25, -0.2) is 9.37 Å². The average Bonchev–Trinajstić information content (AvgIpc) is 2.89. The van der Waals surface area contributed by atoms with Gasteiger partial charge in [0.25, 0.3) is 0 Å². The first-order valence-electron chi connectivity index (χ1n) is 12.1. The molecule has 200 valence electrons. The second-order valence-electron chi connectivity index (χ2n) is 9.21. The zero-order valence-corrected chi connectivity index (χ0v) is 22.4. The summed E-state index contributed by atoms with van der Waals surface area (Å²) in [6.07, 6.45) is 6.19. The number of anilines is 2. The fourth-order valence-corrected chi connectivity index (χ4v) is 4.96. The van der Waals surface area contributed by atoms with E-state index in [1.807, 2.05) is 18.0 Å². The van der Waals surface area contributed by atoms with Gasteiger partial charge >= 0.3 is 6.01 Å². The summed E-state index contributed by atoms with van der Waals surface area (Å²) in [6.45, 7) is 1.78. The highest BCUT2D eigenvalue weighted by atomic mass is 35.5. The zero-order chi connectivity index (χ0) is 27.7. The first-order valence-corrected chi connectivity index (χ1v) is 12.5. The first kappa shape index (κ1) is 26.2. The normalized spacial score (nSPS) is 14.0. The van der Waals surface area contributed by atoms with E-state index in [0.29, 0.717) is 46.6 Å². The third-order valence-electron chi connectivity index (χ3n) is 6.51. The van der Waals surface area contributed by atoms with Crippen LogP contribution in [0.4, 0.5) is 16.0 Å². The van der Waals surface area contributed by atoms with Gasteiger partial charge in [0.1, 0.15) is 28.5 Å². The molecule has 12 heteroatoms. The molecule has 1 aliphatic heterocycles. The molecule has 4 aromatic rings. The molecule has 2 N–H and O–H groups in total. The molecule has 0 unspecified atom stereocenters. The second kappa shape index (κ2) is 10.8. The van der Waals surface area contributed by atoms with Crippen LogP contribution in [0.25, 0.3) is 33.1 Å². The van der Waals surface area contributed by atoms with Gasteiger partial charge in [0.05, 0.1) is 17.5 Å². The van der Waals surface area contributed by atoms with E-state index >= 15 is 4.39 Å². The summed E-state index contributed by atoms with van der Waals surface area (Å²) in [5, 5.41) is 2.07. The van der Waals surface area contributed by atoms with E-state index in [0.717, 1.165) is 0 Å². The van der Waals surface area contributed by atoms with E-state index in [4.69, 9.17) is 22.1 Å². The van der Waals surface area contributed by atoms with Crippen molar-refractivity contribution in [1.29, 1.82) is 0 Å². The molecule has 10 nitrogen and oxygen atoms in total. The molecule has 3 aromatic heterocycles. The number of likely N-dealkylation sites (tertiary alicyclic amines) is 1. The standard InChI is InChI=1S/C27H26ClFN8O2/c1-31-9-5-8-20(38)37-13-15(14-37)12-36(2)26-17-11-32-25(22(29)23(17)34-27(35-26)39-3)24-21-16(10-19(30)33-24)6-4-7-18(21)28/h4-11,15H,12-14H2,1-3H3,(H2,30,33)/b8-5+,31-9?. The lowest BCUT2D eigenvalue weighted by Crippen LogP contribution is -2.53. The molecule has 39 heavy (non-hydrogen) atoms. The van der Waals surface area contributed by atoms with Crippen LogP contribution in [0, 0.1) is 11.7 Å². The maximum Gasteiger partial charge on any atom is 0.318 e. The molecule has 1 saturated heterocycles. The van der Waals surface area contributed by atoms with Gasteiger partial charge in [-0.15, -0.1) is 0 Å². The van der Waals surface area contributed by atoms with E-state index in [2.05, 4.69) is 24.9 Å². The Balaban J connectivity index is 1.48. The summed E-state index contributed by atoms with van der Waals surface area (Å²) in [6, 6.07) is 7.00. The number of aliphatic imine (C=N–C) groups is 1. The number of aromatic nitrogens is 4. The number of nitrogens with two attached hydrogens (primary N) is 1. The lowest BCUT2D eigenvalue weighted by molar-refractivity contribution is -0.131. The number of pyridine rings is 2. The van der Waals surface area contributed by atoms with Gasteiger partial charge in [0, 0.05) is 63.5 Å². The van der Waals surface area contributed by atoms with Crippen LogP contribution in [0.3, 0.4) is 0 Å². The third-order valence-corrected chi connectivity index (χ3v) is 6.83. The maximum atomic E-state index is 16.1. The van der Waals surface area contributed by atoms with Gasteiger partial charge in [0.15, 0.2) is 5.82 Å². The molecule has 0 spiro atoms. The third kappa shape index (κ3) is 5.05. The molecule has 0 saturated carbocycles. The number of hydrogen-bond acceptors (Lipinski definition) is 9. The Morgan fingerprint density at radius 2 is 2.10 bits per heavy atom. The van der Waals surface area contributed by atoms with Crippen molar-refractivity contribution < 1.29 is 13.9 Å². The molecular weight excluding hydrogens is 523 g/mol. The van der Waals surface area contributed by atoms with E-state index in [1.54, 1.807) is 42.4 Å². The lowest BCUT2D eigenvalue weighted by atomic mass is 9.99. The monoisotopic (exact) mass is 548 g/mol. The smallest absolute Gasteiger partial charge is 0.318 e. The summed E-state index contributed by atoms with van der Waals surface area (Å²) in [5.74, 6) is 0.130. The van der Waals surface area contributed by atoms with Crippen molar-refractivity contribution in [3.63, 3.8) is 0 Å². The Hall–Kier alpha value is -4.38. The highest BCUT2D eigenvalue weighted by Crippen LogP contribution is 2.37. The van der Waals surface area contributed by atoms with Gasteiger partial charge in [-0.2, -0.15) is 9.97 Å². The molecule has 1 fully saturated rings. The average molecular weight is 549 g/mol. The lowest BCUT2D eigenvalue weighted by Gasteiger charge is -2.40. The Kier molecular flexibility index (Phi) is 7.25. The van der Waals surface area contributed by atoms with Crippen molar-refractivity contribution in [2.24, 2.45) is 10.9 Å². The number of nitrogens with zero attached hydrogens (tertiary/aromatic N) is 7. The fraction of sp³-hybridized carbons (Fsp3) is 0.259. The number of allylic oxidation sites excluding steroid dienone is 1.